The summed E-state index contributed by atoms with van der Waals surface area (Å²) in [6.07, 6.45) is 2.31. The quantitative estimate of drug-likeness (QED) is 0.661. The summed E-state index contributed by atoms with van der Waals surface area (Å²) in [5, 5.41) is 10.8. The highest BCUT2D eigenvalue weighted by Crippen LogP contribution is 2.30. The number of nitrogens with one attached hydrogen (secondary N) is 2. The van der Waals surface area contributed by atoms with E-state index in [-0.39, 0.29) is 17.2 Å². The van der Waals surface area contributed by atoms with Gasteiger partial charge in [-0.05, 0) is 39.7 Å². The maximum Gasteiger partial charge on any atom is 0.230 e. The molecule has 2 N–H and O–H groups in total. The first-order valence-electron chi connectivity index (χ1n) is 9.02. The van der Waals surface area contributed by atoms with Crippen molar-refractivity contribution in [3.63, 3.8) is 0 Å². The first-order valence-corrected chi connectivity index (χ1v) is 10.5. The number of carbonyl (C=O) groups excluding carboxylic acids is 1. The Hall–Kier alpha value is -0.930. The van der Waals surface area contributed by atoms with Gasteiger partial charge in [-0.1, -0.05) is 32.4 Å². The summed E-state index contributed by atoms with van der Waals surface area (Å²) in [6, 6.07) is 1.23. The van der Waals surface area contributed by atoms with Crippen LogP contribution in [0.5, 0.6) is 0 Å². The normalized spacial score (nSPS) is 17.5. The van der Waals surface area contributed by atoms with Gasteiger partial charge in [0.05, 0.1) is 12.7 Å². The fraction of sp³-hybridized carbons (Fsp3) is 0.722. The molecule has 1 aliphatic rings. The molecule has 2 rings (SSSR count). The van der Waals surface area contributed by atoms with Crippen LogP contribution < -0.4 is 10.0 Å². The molecule has 0 bridgehead atoms. The zero-order chi connectivity index (χ0) is 20.4. The molecule has 9 heteroatoms. The molecule has 1 aromatic rings. The first kappa shape index (κ1) is 22.4. The van der Waals surface area contributed by atoms with E-state index < -0.39 is 27.6 Å². The monoisotopic (exact) mass is 416 g/mol. The molecular weight excluding hydrogens is 388 g/mol. The van der Waals surface area contributed by atoms with E-state index in [1.54, 1.807) is 6.07 Å². The minimum atomic E-state index is -1.33. The van der Waals surface area contributed by atoms with Crippen LogP contribution >= 0.6 is 11.6 Å². The molecule has 152 valence electrons. The minimum Gasteiger partial charge on any atom is -0.598 e. The van der Waals surface area contributed by atoms with Gasteiger partial charge in [-0.25, -0.2) is 0 Å². The molecule has 0 saturated heterocycles. The van der Waals surface area contributed by atoms with E-state index in [9.17, 15) is 9.35 Å². The van der Waals surface area contributed by atoms with E-state index in [4.69, 9.17) is 16.3 Å². The third-order valence-corrected chi connectivity index (χ3v) is 5.81. The molecular formula is C18H29ClN4O3S. The highest BCUT2D eigenvalue weighted by molar-refractivity contribution is 7.90. The standard InChI is InChI=1S/C18H29ClN4O3S/c1-17(2,3)16(24)20-14-9-12(15(19)22-21-14)13(10-26-11-7-8-11)23-27(25)18(4,5)6/h9,11,13,23H,7-8,10H2,1-6H3,(H,20,21,24)/t13?,27-/m1/s1. The Morgan fingerprint density at radius 1 is 1.33 bits per heavy atom. The zero-order valence-electron chi connectivity index (χ0n) is 16.8. The molecule has 1 heterocycles. The molecule has 1 saturated carbocycles. The van der Waals surface area contributed by atoms with Gasteiger partial charge in [0.15, 0.2) is 11.0 Å². The van der Waals surface area contributed by atoms with Crippen LogP contribution in [-0.4, -0.2) is 38.1 Å². The molecule has 27 heavy (non-hydrogen) atoms. The van der Waals surface area contributed by atoms with Gasteiger partial charge in [0.2, 0.25) is 5.91 Å². The summed E-state index contributed by atoms with van der Waals surface area (Å²) < 4.78 is 21.1. The van der Waals surface area contributed by atoms with Crippen LogP contribution in [0.15, 0.2) is 6.07 Å². The molecule has 0 aromatic carbocycles. The molecule has 1 aromatic heterocycles. The Labute approximate surface area is 169 Å². The fourth-order valence-corrected chi connectivity index (χ4v) is 2.99. The Kier molecular flexibility index (Phi) is 7.13. The van der Waals surface area contributed by atoms with Crippen molar-refractivity contribution < 1.29 is 14.1 Å². The van der Waals surface area contributed by atoms with E-state index in [0.717, 1.165) is 12.8 Å². The second kappa shape index (κ2) is 8.61. The highest BCUT2D eigenvalue weighted by atomic mass is 35.5. The number of halogens is 1. The Morgan fingerprint density at radius 2 is 1.96 bits per heavy atom. The van der Waals surface area contributed by atoms with Crippen molar-refractivity contribution in [1.29, 1.82) is 0 Å². The number of hydrogen-bond donors (Lipinski definition) is 2. The van der Waals surface area contributed by atoms with Crippen molar-refractivity contribution in [2.45, 2.75) is 71.3 Å². The smallest absolute Gasteiger partial charge is 0.230 e. The second-order valence-electron chi connectivity index (χ2n) is 8.76. The predicted octanol–water partition coefficient (Wildman–Crippen LogP) is 3.39. The maximum atomic E-state index is 12.6. The summed E-state index contributed by atoms with van der Waals surface area (Å²) in [5.41, 5.74) is 0.0243. The lowest BCUT2D eigenvalue weighted by molar-refractivity contribution is -0.123. The highest BCUT2D eigenvalue weighted by Gasteiger charge is 2.33. The van der Waals surface area contributed by atoms with Gasteiger partial charge in [-0.15, -0.1) is 14.9 Å². The molecule has 0 radical (unpaired) electrons. The van der Waals surface area contributed by atoms with Gasteiger partial charge in [0.1, 0.15) is 10.8 Å². The third kappa shape index (κ3) is 6.87. The van der Waals surface area contributed by atoms with Crippen molar-refractivity contribution in [3.8, 4) is 0 Å². The van der Waals surface area contributed by atoms with Crippen LogP contribution in [0.3, 0.4) is 0 Å². The summed E-state index contributed by atoms with van der Waals surface area (Å²) in [7, 11) is 0. The number of nitrogens with zero attached hydrogens (tertiary/aromatic N) is 2. The predicted molar refractivity (Wildman–Crippen MR) is 108 cm³/mol. The second-order valence-corrected chi connectivity index (χ2v) is 11.1. The molecule has 7 nitrogen and oxygen atoms in total. The van der Waals surface area contributed by atoms with E-state index in [0.29, 0.717) is 18.0 Å². The molecule has 1 aliphatic carbocycles. The van der Waals surface area contributed by atoms with Gasteiger partial charge in [0, 0.05) is 22.3 Å². The van der Waals surface area contributed by atoms with E-state index in [1.165, 1.54) is 0 Å². The van der Waals surface area contributed by atoms with Crippen LogP contribution in [-0.2, 0) is 20.9 Å². The molecule has 2 atom stereocenters. The number of hydrogen-bond acceptors (Lipinski definition) is 6. The van der Waals surface area contributed by atoms with E-state index >= 15 is 0 Å². The maximum absolute atomic E-state index is 12.6. The number of anilines is 1. The van der Waals surface area contributed by atoms with Gasteiger partial charge in [0.25, 0.3) is 0 Å². The fourth-order valence-electron chi connectivity index (χ4n) is 1.96. The van der Waals surface area contributed by atoms with Crippen LogP contribution in [0.2, 0.25) is 5.15 Å². The van der Waals surface area contributed by atoms with Crippen molar-refractivity contribution in [2.75, 3.05) is 11.9 Å². The number of rotatable bonds is 7. The van der Waals surface area contributed by atoms with Gasteiger partial charge in [-0.3, -0.25) is 4.79 Å². The van der Waals surface area contributed by atoms with Gasteiger partial charge in [-0.2, -0.15) is 0 Å². The Morgan fingerprint density at radius 3 is 2.48 bits per heavy atom. The van der Waals surface area contributed by atoms with E-state index in [2.05, 4.69) is 20.2 Å². The third-order valence-electron chi connectivity index (χ3n) is 3.90. The van der Waals surface area contributed by atoms with Crippen molar-refractivity contribution in [3.05, 3.63) is 16.8 Å². The lowest BCUT2D eigenvalue weighted by atomic mass is 9.96. The van der Waals surface area contributed by atoms with Gasteiger partial charge < -0.3 is 14.6 Å². The topological polar surface area (TPSA) is 99.2 Å². The lowest BCUT2D eigenvalue weighted by Gasteiger charge is -2.28. The van der Waals surface area contributed by atoms with Crippen molar-refractivity contribution >= 4 is 34.7 Å². The Bertz CT molecular complexity index is 672. The van der Waals surface area contributed by atoms with Crippen LogP contribution in [0.1, 0.15) is 66.0 Å². The van der Waals surface area contributed by atoms with Crippen LogP contribution in [0.25, 0.3) is 0 Å². The minimum absolute atomic E-state index is 0.179. The van der Waals surface area contributed by atoms with Crippen molar-refractivity contribution in [1.82, 2.24) is 14.9 Å². The van der Waals surface area contributed by atoms with Gasteiger partial charge >= 0.3 is 0 Å². The molecule has 0 aliphatic heterocycles. The number of carbonyl (C=O) groups is 1. The zero-order valence-corrected chi connectivity index (χ0v) is 18.3. The number of ether oxygens (including phenoxy) is 1. The summed E-state index contributed by atoms with van der Waals surface area (Å²) >= 11 is 4.94. The van der Waals surface area contributed by atoms with Crippen LogP contribution in [0, 0.1) is 5.41 Å². The summed E-state index contributed by atoms with van der Waals surface area (Å²) in [4.78, 5) is 12.2. The number of amides is 1. The average molecular weight is 417 g/mol. The largest absolute Gasteiger partial charge is 0.598 e. The van der Waals surface area contributed by atoms with Crippen molar-refractivity contribution in [2.24, 2.45) is 5.41 Å². The van der Waals surface area contributed by atoms with E-state index in [1.807, 2.05) is 41.5 Å². The molecule has 0 spiro atoms. The Balaban J connectivity index is 2.23. The molecule has 1 fully saturated rings. The SMILES string of the molecule is CC(C)(C)C(=O)Nc1cc(C(COC2CC2)N[S@+]([O-])C(C)(C)C)c(Cl)nn1. The van der Waals surface area contributed by atoms with Crippen LogP contribution in [0.4, 0.5) is 5.82 Å². The number of aromatic nitrogens is 2. The first-order chi connectivity index (χ1) is 12.4. The summed E-state index contributed by atoms with van der Waals surface area (Å²) in [5.74, 6) is 0.121. The summed E-state index contributed by atoms with van der Waals surface area (Å²) in [6.45, 7) is 11.4. The lowest BCUT2D eigenvalue weighted by Crippen LogP contribution is -2.42. The average Bonchev–Trinajstić information content (AvgIpc) is 3.35. The molecule has 1 unspecified atom stereocenters. The molecule has 1 amide bonds.